The number of rotatable bonds is 5. The molecule has 0 aliphatic carbocycles. The Kier molecular flexibility index (Phi) is 5.85. The fraction of sp³-hybridized carbons (Fsp3) is 0.588. The van der Waals surface area contributed by atoms with Gasteiger partial charge in [-0.05, 0) is 39.4 Å². The van der Waals surface area contributed by atoms with Crippen LogP contribution >= 0.6 is 15.9 Å². The summed E-state index contributed by atoms with van der Waals surface area (Å²) >= 11 is 3.54. The minimum absolute atomic E-state index is 0.104. The van der Waals surface area contributed by atoms with Gasteiger partial charge in [0, 0.05) is 11.5 Å². The second-order valence-corrected chi connectivity index (χ2v) is 7.53. The lowest BCUT2D eigenvalue weighted by Gasteiger charge is -2.27. The first-order valence-corrected chi connectivity index (χ1v) is 8.09. The average Bonchev–Trinajstić information content (AvgIpc) is 2.34. The second kappa shape index (κ2) is 6.82. The molecule has 1 aromatic rings. The molecule has 0 radical (unpaired) electrons. The number of aliphatic carboxylic acids is 1. The lowest BCUT2D eigenvalue weighted by Crippen LogP contribution is -2.33. The van der Waals surface area contributed by atoms with Gasteiger partial charge in [-0.1, -0.05) is 47.6 Å². The van der Waals surface area contributed by atoms with E-state index in [9.17, 15) is 9.90 Å². The first kappa shape index (κ1) is 18.0. The van der Waals surface area contributed by atoms with Crippen LogP contribution in [-0.2, 0) is 16.6 Å². The van der Waals surface area contributed by atoms with Gasteiger partial charge in [-0.3, -0.25) is 0 Å². The van der Waals surface area contributed by atoms with Crippen LogP contribution < -0.4 is 4.74 Å². The number of hydrogen-bond acceptors (Lipinski definition) is 2. The predicted molar refractivity (Wildman–Crippen MR) is 89.1 cm³/mol. The van der Waals surface area contributed by atoms with Gasteiger partial charge in [0.1, 0.15) is 5.75 Å². The third-order valence-electron chi connectivity index (χ3n) is 3.41. The lowest BCUT2D eigenvalue weighted by atomic mass is 9.85. The summed E-state index contributed by atoms with van der Waals surface area (Å²) in [5.41, 5.74) is 2.11. The molecule has 0 aliphatic heterocycles. The normalized spacial score (nSPS) is 13.3. The average molecular weight is 357 g/mol. The van der Waals surface area contributed by atoms with Gasteiger partial charge in [-0.2, -0.15) is 0 Å². The van der Waals surface area contributed by atoms with E-state index in [1.54, 1.807) is 0 Å². The number of carboxylic acid groups (broad SMARTS) is 1. The van der Waals surface area contributed by atoms with Crippen molar-refractivity contribution in [1.82, 2.24) is 0 Å². The highest BCUT2D eigenvalue weighted by molar-refractivity contribution is 9.10. The van der Waals surface area contributed by atoms with Crippen LogP contribution in [-0.4, -0.2) is 17.2 Å². The number of carbonyl (C=O) groups is 1. The summed E-state index contributed by atoms with van der Waals surface area (Å²) in [6.45, 7) is 12.1. The second-order valence-electron chi connectivity index (χ2n) is 6.68. The van der Waals surface area contributed by atoms with E-state index in [-0.39, 0.29) is 11.3 Å². The van der Waals surface area contributed by atoms with Crippen molar-refractivity contribution in [3.63, 3.8) is 0 Å². The Balaban J connectivity index is 3.37. The zero-order chi connectivity index (χ0) is 16.4. The molecule has 3 nitrogen and oxygen atoms in total. The predicted octanol–water partition coefficient (Wildman–Crippen LogP) is 4.80. The molecular weight excluding hydrogens is 332 g/mol. The number of ether oxygens (including phenoxy) is 1. The topological polar surface area (TPSA) is 46.5 Å². The number of halogens is 1. The SMILES string of the molecule is CCc1cc(Br)c(OC(C(=O)O)C(C)C)c(C(C)(C)C)c1. The van der Waals surface area contributed by atoms with E-state index in [1.807, 2.05) is 19.9 Å². The molecule has 1 aromatic carbocycles. The number of carboxylic acids is 1. The number of benzene rings is 1. The molecule has 0 heterocycles. The molecule has 0 fully saturated rings. The van der Waals surface area contributed by atoms with Crippen LogP contribution in [0.3, 0.4) is 0 Å². The largest absolute Gasteiger partial charge is 0.478 e. The lowest BCUT2D eigenvalue weighted by molar-refractivity contribution is -0.147. The van der Waals surface area contributed by atoms with E-state index in [1.165, 1.54) is 5.56 Å². The summed E-state index contributed by atoms with van der Waals surface area (Å²) in [5.74, 6) is -0.398. The van der Waals surface area contributed by atoms with Crippen LogP contribution in [0, 0.1) is 5.92 Å². The molecular formula is C17H25BrO3. The molecule has 21 heavy (non-hydrogen) atoms. The number of aryl methyl sites for hydroxylation is 1. The van der Waals surface area contributed by atoms with Crippen molar-refractivity contribution < 1.29 is 14.6 Å². The minimum Gasteiger partial charge on any atom is -0.478 e. The maximum Gasteiger partial charge on any atom is 0.345 e. The molecule has 1 rings (SSSR count). The van der Waals surface area contributed by atoms with E-state index in [0.717, 1.165) is 16.5 Å². The van der Waals surface area contributed by atoms with Gasteiger partial charge in [0.25, 0.3) is 0 Å². The molecule has 1 atom stereocenters. The van der Waals surface area contributed by atoms with E-state index in [4.69, 9.17) is 4.74 Å². The Morgan fingerprint density at radius 3 is 2.29 bits per heavy atom. The van der Waals surface area contributed by atoms with Crippen LogP contribution in [0.2, 0.25) is 0 Å². The fourth-order valence-corrected chi connectivity index (χ4v) is 2.73. The van der Waals surface area contributed by atoms with Crippen LogP contribution in [0.5, 0.6) is 5.75 Å². The van der Waals surface area contributed by atoms with Crippen molar-refractivity contribution in [1.29, 1.82) is 0 Å². The molecule has 0 saturated carbocycles. The van der Waals surface area contributed by atoms with Gasteiger partial charge in [-0.25, -0.2) is 4.79 Å². The molecule has 0 amide bonds. The summed E-state index contributed by atoms with van der Waals surface area (Å²) in [4.78, 5) is 11.4. The van der Waals surface area contributed by atoms with E-state index in [2.05, 4.69) is 49.7 Å². The van der Waals surface area contributed by atoms with Crippen molar-refractivity contribution >= 4 is 21.9 Å². The van der Waals surface area contributed by atoms with Crippen molar-refractivity contribution in [2.75, 3.05) is 0 Å². The van der Waals surface area contributed by atoms with Gasteiger partial charge >= 0.3 is 5.97 Å². The standard InChI is InChI=1S/C17H25BrO3/c1-7-11-8-12(17(4,5)6)15(13(18)9-11)21-14(10(2)3)16(19)20/h8-10,14H,7H2,1-6H3,(H,19,20). The van der Waals surface area contributed by atoms with Crippen LogP contribution in [0.1, 0.15) is 52.7 Å². The number of hydrogen-bond donors (Lipinski definition) is 1. The van der Waals surface area contributed by atoms with Gasteiger partial charge in [0.05, 0.1) is 4.47 Å². The molecule has 118 valence electrons. The molecule has 0 aromatic heterocycles. The minimum atomic E-state index is -0.934. The fourth-order valence-electron chi connectivity index (χ4n) is 2.13. The summed E-state index contributed by atoms with van der Waals surface area (Å²) in [7, 11) is 0. The van der Waals surface area contributed by atoms with Gasteiger partial charge in [0.15, 0.2) is 6.10 Å². The zero-order valence-corrected chi connectivity index (χ0v) is 15.2. The summed E-state index contributed by atoms with van der Waals surface area (Å²) < 4.78 is 6.70. The third kappa shape index (κ3) is 4.47. The highest BCUT2D eigenvalue weighted by Gasteiger charge is 2.28. The summed E-state index contributed by atoms with van der Waals surface area (Å²) in [6, 6.07) is 4.11. The van der Waals surface area contributed by atoms with Crippen LogP contribution in [0.25, 0.3) is 0 Å². The molecule has 0 saturated heterocycles. The molecule has 4 heteroatoms. The Hall–Kier alpha value is -1.03. The van der Waals surface area contributed by atoms with Crippen LogP contribution in [0.15, 0.2) is 16.6 Å². The Labute approximate surface area is 135 Å². The Morgan fingerprint density at radius 1 is 1.33 bits per heavy atom. The van der Waals surface area contributed by atoms with E-state index < -0.39 is 12.1 Å². The smallest absolute Gasteiger partial charge is 0.345 e. The molecule has 1 unspecified atom stereocenters. The Bertz CT molecular complexity index is 516. The summed E-state index contributed by atoms with van der Waals surface area (Å²) in [6.07, 6.45) is 0.0731. The van der Waals surface area contributed by atoms with Gasteiger partial charge in [-0.15, -0.1) is 0 Å². The molecule has 0 aliphatic rings. The van der Waals surface area contributed by atoms with Gasteiger partial charge in [0.2, 0.25) is 0 Å². The highest BCUT2D eigenvalue weighted by atomic mass is 79.9. The Morgan fingerprint density at radius 2 is 1.90 bits per heavy atom. The van der Waals surface area contributed by atoms with Gasteiger partial charge < -0.3 is 9.84 Å². The quantitative estimate of drug-likeness (QED) is 0.824. The summed E-state index contributed by atoms with van der Waals surface area (Å²) in [5, 5.41) is 9.35. The molecule has 0 bridgehead atoms. The highest BCUT2D eigenvalue weighted by Crippen LogP contribution is 2.39. The maximum absolute atomic E-state index is 11.4. The molecule has 1 N–H and O–H groups in total. The van der Waals surface area contributed by atoms with Crippen molar-refractivity contribution in [2.45, 2.75) is 59.5 Å². The zero-order valence-electron chi connectivity index (χ0n) is 13.7. The third-order valence-corrected chi connectivity index (χ3v) is 4.00. The van der Waals surface area contributed by atoms with Crippen molar-refractivity contribution in [3.05, 3.63) is 27.7 Å². The monoisotopic (exact) mass is 356 g/mol. The van der Waals surface area contributed by atoms with E-state index in [0.29, 0.717) is 5.75 Å². The van der Waals surface area contributed by atoms with E-state index >= 15 is 0 Å². The van der Waals surface area contributed by atoms with Crippen LogP contribution in [0.4, 0.5) is 0 Å². The maximum atomic E-state index is 11.4. The first-order valence-electron chi connectivity index (χ1n) is 7.30. The van der Waals surface area contributed by atoms with Crippen molar-refractivity contribution in [2.24, 2.45) is 5.92 Å². The van der Waals surface area contributed by atoms with Crippen molar-refractivity contribution in [3.8, 4) is 5.75 Å². The first-order chi connectivity index (χ1) is 9.57. The molecule has 0 spiro atoms.